The highest BCUT2D eigenvalue weighted by Gasteiger charge is 2.19. The van der Waals surface area contributed by atoms with Crippen LogP contribution in [0.4, 0.5) is 5.69 Å². The number of carboxylic acids is 1. The minimum Gasteiger partial charge on any atom is -0.478 e. The van der Waals surface area contributed by atoms with Gasteiger partial charge in [0.15, 0.2) is 0 Å². The van der Waals surface area contributed by atoms with Gasteiger partial charge in [0.05, 0.1) is 11.4 Å². The minimum absolute atomic E-state index is 0.0660. The van der Waals surface area contributed by atoms with E-state index in [4.69, 9.17) is 5.11 Å². The Bertz CT molecular complexity index is 669. The third kappa shape index (κ3) is 2.42. The molecule has 1 amide bonds. The van der Waals surface area contributed by atoms with Crippen molar-refractivity contribution in [1.29, 1.82) is 0 Å². The van der Waals surface area contributed by atoms with Gasteiger partial charge in [-0.1, -0.05) is 6.92 Å². The molecule has 7 nitrogen and oxygen atoms in total. The number of aromatic amines is 1. The van der Waals surface area contributed by atoms with E-state index in [2.05, 4.69) is 15.4 Å². The highest BCUT2D eigenvalue weighted by atomic mass is 16.4. The Labute approximate surface area is 115 Å². The molecule has 0 aliphatic rings. The van der Waals surface area contributed by atoms with Crippen molar-refractivity contribution in [1.82, 2.24) is 14.8 Å². The average Bonchev–Trinajstić information content (AvgIpc) is 2.92. The van der Waals surface area contributed by atoms with Gasteiger partial charge in [0.2, 0.25) is 0 Å². The molecule has 3 N–H and O–H groups in total. The molecule has 2 heterocycles. The normalized spacial score (nSPS) is 10.6. The number of nitrogens with zero attached hydrogens (tertiary/aromatic N) is 2. The van der Waals surface area contributed by atoms with Crippen molar-refractivity contribution in [2.24, 2.45) is 7.05 Å². The molecule has 0 unspecified atom stereocenters. The molecule has 0 aromatic carbocycles. The van der Waals surface area contributed by atoms with Crippen molar-refractivity contribution in [2.75, 3.05) is 5.32 Å². The molecule has 2 aromatic heterocycles. The van der Waals surface area contributed by atoms with Crippen LogP contribution in [0.25, 0.3) is 0 Å². The van der Waals surface area contributed by atoms with Gasteiger partial charge in [-0.15, -0.1) is 0 Å². The molecule has 2 aromatic rings. The maximum absolute atomic E-state index is 12.2. The fourth-order valence-corrected chi connectivity index (χ4v) is 2.00. The minimum atomic E-state index is -1.08. The molecular formula is C13H16N4O3. The Morgan fingerprint density at radius 3 is 2.75 bits per heavy atom. The molecule has 0 aliphatic carbocycles. The summed E-state index contributed by atoms with van der Waals surface area (Å²) in [6.45, 7) is 3.58. The first kappa shape index (κ1) is 13.9. The van der Waals surface area contributed by atoms with Gasteiger partial charge in [0.1, 0.15) is 11.3 Å². The van der Waals surface area contributed by atoms with E-state index in [0.717, 1.165) is 12.1 Å². The summed E-state index contributed by atoms with van der Waals surface area (Å²) in [5.74, 6) is -1.47. The predicted molar refractivity (Wildman–Crippen MR) is 73.0 cm³/mol. The van der Waals surface area contributed by atoms with Crippen molar-refractivity contribution >= 4 is 17.6 Å². The zero-order chi connectivity index (χ0) is 14.9. The lowest BCUT2D eigenvalue weighted by Gasteiger charge is -2.04. The van der Waals surface area contributed by atoms with Gasteiger partial charge < -0.3 is 15.4 Å². The van der Waals surface area contributed by atoms with E-state index < -0.39 is 5.97 Å². The van der Waals surface area contributed by atoms with E-state index in [1.807, 2.05) is 6.92 Å². The van der Waals surface area contributed by atoms with Crippen LogP contribution >= 0.6 is 0 Å². The number of aromatic carboxylic acids is 1. The smallest absolute Gasteiger partial charge is 0.339 e. The molecule has 0 saturated carbocycles. The van der Waals surface area contributed by atoms with Crippen LogP contribution in [0.3, 0.4) is 0 Å². The Balaban J connectivity index is 2.28. The Hall–Kier alpha value is -2.57. The monoisotopic (exact) mass is 276 g/mol. The number of aromatic nitrogens is 3. The Kier molecular flexibility index (Phi) is 3.60. The van der Waals surface area contributed by atoms with E-state index in [9.17, 15) is 9.59 Å². The maximum Gasteiger partial charge on any atom is 0.339 e. The summed E-state index contributed by atoms with van der Waals surface area (Å²) in [7, 11) is 1.68. The highest BCUT2D eigenvalue weighted by Crippen LogP contribution is 2.20. The molecule has 2 rings (SSSR count). The molecule has 0 fully saturated rings. The summed E-state index contributed by atoms with van der Waals surface area (Å²) in [5.41, 5.74) is 2.00. The first-order valence-electron chi connectivity index (χ1n) is 6.19. The van der Waals surface area contributed by atoms with E-state index in [1.165, 1.54) is 10.9 Å². The fourth-order valence-electron chi connectivity index (χ4n) is 2.00. The number of rotatable bonds is 4. The molecule has 0 radical (unpaired) electrons. The quantitative estimate of drug-likeness (QED) is 0.789. The number of aryl methyl sites for hydroxylation is 3. The van der Waals surface area contributed by atoms with Crippen molar-refractivity contribution in [3.05, 3.63) is 34.9 Å². The zero-order valence-corrected chi connectivity index (χ0v) is 11.5. The van der Waals surface area contributed by atoms with Crippen molar-refractivity contribution in [3.8, 4) is 0 Å². The fraction of sp³-hybridized carbons (Fsp3) is 0.308. The molecular weight excluding hydrogens is 260 g/mol. The first-order chi connectivity index (χ1) is 9.43. The summed E-state index contributed by atoms with van der Waals surface area (Å²) in [5, 5.41) is 15.9. The van der Waals surface area contributed by atoms with Gasteiger partial charge in [-0.3, -0.25) is 9.48 Å². The second-order valence-corrected chi connectivity index (χ2v) is 4.46. The third-order valence-electron chi connectivity index (χ3n) is 3.06. The first-order valence-corrected chi connectivity index (χ1v) is 6.19. The van der Waals surface area contributed by atoms with E-state index in [1.54, 1.807) is 20.0 Å². The number of hydrogen-bond acceptors (Lipinski definition) is 3. The molecule has 0 saturated heterocycles. The van der Waals surface area contributed by atoms with Crippen molar-refractivity contribution in [2.45, 2.75) is 20.3 Å². The van der Waals surface area contributed by atoms with Crippen LogP contribution in [-0.2, 0) is 13.5 Å². The number of amides is 1. The number of carbonyl (C=O) groups is 2. The molecule has 106 valence electrons. The average molecular weight is 276 g/mol. The number of carbonyl (C=O) groups excluding carboxylic acids is 1. The number of carboxylic acid groups (broad SMARTS) is 1. The summed E-state index contributed by atoms with van der Waals surface area (Å²) < 4.78 is 1.48. The maximum atomic E-state index is 12.2. The zero-order valence-electron chi connectivity index (χ0n) is 11.5. The number of hydrogen-bond donors (Lipinski definition) is 3. The SMILES string of the molecule is CCc1cc(C(=O)Nc2c[nH]c(C)c2C(=O)O)n(C)n1. The lowest BCUT2D eigenvalue weighted by Crippen LogP contribution is -2.17. The number of nitrogens with one attached hydrogen (secondary N) is 2. The van der Waals surface area contributed by atoms with Crippen molar-refractivity contribution in [3.63, 3.8) is 0 Å². The molecule has 0 bridgehead atoms. The molecule has 7 heteroatoms. The lowest BCUT2D eigenvalue weighted by molar-refractivity contribution is 0.0697. The van der Waals surface area contributed by atoms with Gasteiger partial charge in [0.25, 0.3) is 5.91 Å². The number of H-pyrrole nitrogens is 1. The summed E-state index contributed by atoms with van der Waals surface area (Å²) >= 11 is 0. The van der Waals surface area contributed by atoms with Crippen LogP contribution in [0.2, 0.25) is 0 Å². The largest absolute Gasteiger partial charge is 0.478 e. The van der Waals surface area contributed by atoms with Gasteiger partial charge in [-0.05, 0) is 19.4 Å². The van der Waals surface area contributed by atoms with Gasteiger partial charge >= 0.3 is 5.97 Å². The third-order valence-corrected chi connectivity index (χ3v) is 3.06. The van der Waals surface area contributed by atoms with Crippen LogP contribution < -0.4 is 5.32 Å². The predicted octanol–water partition coefficient (Wildman–Crippen LogP) is 1.57. The highest BCUT2D eigenvalue weighted by molar-refractivity contribution is 6.07. The molecule has 0 atom stereocenters. The Morgan fingerprint density at radius 1 is 1.50 bits per heavy atom. The summed E-state index contributed by atoms with van der Waals surface area (Å²) in [4.78, 5) is 26.1. The summed E-state index contributed by atoms with van der Waals surface area (Å²) in [6, 6.07) is 1.69. The molecule has 0 aliphatic heterocycles. The topological polar surface area (TPSA) is 100 Å². The van der Waals surface area contributed by atoms with Crippen LogP contribution in [0.1, 0.15) is 39.2 Å². The van der Waals surface area contributed by atoms with Crippen LogP contribution in [0.5, 0.6) is 0 Å². The van der Waals surface area contributed by atoms with Gasteiger partial charge in [-0.2, -0.15) is 5.10 Å². The van der Waals surface area contributed by atoms with E-state index in [-0.39, 0.29) is 17.2 Å². The van der Waals surface area contributed by atoms with E-state index in [0.29, 0.717) is 11.4 Å². The van der Waals surface area contributed by atoms with E-state index >= 15 is 0 Å². The van der Waals surface area contributed by atoms with Gasteiger partial charge in [-0.25, -0.2) is 4.79 Å². The lowest BCUT2D eigenvalue weighted by atomic mass is 10.2. The summed E-state index contributed by atoms with van der Waals surface area (Å²) in [6.07, 6.45) is 2.19. The number of anilines is 1. The van der Waals surface area contributed by atoms with Crippen LogP contribution in [0, 0.1) is 6.92 Å². The standard InChI is InChI=1S/C13H16N4O3/c1-4-8-5-10(17(3)16-8)12(18)15-9-6-14-7(2)11(9)13(19)20/h5-6,14H,4H2,1-3H3,(H,15,18)(H,19,20). The van der Waals surface area contributed by atoms with Crippen molar-refractivity contribution < 1.29 is 14.7 Å². The van der Waals surface area contributed by atoms with Gasteiger partial charge in [0, 0.05) is 18.9 Å². The second-order valence-electron chi connectivity index (χ2n) is 4.46. The van der Waals surface area contributed by atoms with Crippen LogP contribution in [0.15, 0.2) is 12.3 Å². The Morgan fingerprint density at radius 2 is 2.20 bits per heavy atom. The van der Waals surface area contributed by atoms with Crippen LogP contribution in [-0.4, -0.2) is 31.7 Å². The molecule has 0 spiro atoms. The second kappa shape index (κ2) is 5.20. The molecule has 20 heavy (non-hydrogen) atoms.